The molecule has 18 nitrogen and oxygen atoms in total. The van der Waals surface area contributed by atoms with Crippen LogP contribution in [0.1, 0.15) is 13.2 Å². The summed E-state index contributed by atoms with van der Waals surface area (Å²) in [7, 11) is -17.3. The number of nitrogens with one attached hydrogen (secondary N) is 1. The summed E-state index contributed by atoms with van der Waals surface area (Å²) in [6.07, 6.45) is -7.35. The van der Waals surface area contributed by atoms with Gasteiger partial charge in [-0.3, -0.25) is 18.9 Å². The van der Waals surface area contributed by atoms with Crippen molar-refractivity contribution >= 4 is 40.6 Å². The quantitative estimate of drug-likeness (QED) is 0.148. The van der Waals surface area contributed by atoms with Gasteiger partial charge < -0.3 is 35.2 Å². The molecule has 1 aliphatic rings. The molecule has 23 heteroatoms. The third-order valence-corrected chi connectivity index (χ3v) is 8.54. The van der Waals surface area contributed by atoms with Crippen LogP contribution in [0.3, 0.4) is 0 Å². The number of rotatable bonds is 8. The molecule has 1 fully saturated rings. The van der Waals surface area contributed by atoms with Gasteiger partial charge in [0.05, 0.1) is 12.4 Å². The van der Waals surface area contributed by atoms with Crippen molar-refractivity contribution in [1.29, 1.82) is 0 Å². The number of anilines is 1. The Morgan fingerprint density at radius 3 is 2.54 bits per heavy atom. The van der Waals surface area contributed by atoms with Crippen molar-refractivity contribution in [1.82, 2.24) is 19.5 Å². The molecule has 0 aromatic carbocycles. The second-order valence-corrected chi connectivity index (χ2v) is 11.7. The van der Waals surface area contributed by atoms with Gasteiger partial charge in [-0.15, -0.1) is 0 Å². The van der Waals surface area contributed by atoms with Crippen LogP contribution >= 0.6 is 23.5 Å². The SMILES string of the molecule is C[C@@H](OP(=O)(O)OP(=O)(O)OP(=O)(O)O)[C@H]1O[C@@H](n2cnc3c(=O)[nH]c(N)nc32)C(F)(C#CCF)[C@H]1O. The number of nitrogen functional groups attached to an aromatic ring is 1. The van der Waals surface area contributed by atoms with Crippen LogP contribution in [0.5, 0.6) is 0 Å². The topological polar surface area (TPSA) is 279 Å². The maximum absolute atomic E-state index is 16.0. The summed E-state index contributed by atoms with van der Waals surface area (Å²) in [5, 5.41) is 10.6. The molecule has 1 aliphatic heterocycles. The minimum Gasteiger partial charge on any atom is -0.386 e. The molecule has 7 atom stereocenters. The van der Waals surface area contributed by atoms with Crippen LogP contribution in [-0.2, 0) is 31.6 Å². The lowest BCUT2D eigenvalue weighted by molar-refractivity contribution is -0.0754. The van der Waals surface area contributed by atoms with Crippen LogP contribution < -0.4 is 11.3 Å². The number of aromatic nitrogens is 4. The van der Waals surface area contributed by atoms with Crippen molar-refractivity contribution in [2.75, 3.05) is 12.4 Å². The summed E-state index contributed by atoms with van der Waals surface area (Å²) in [6, 6.07) is 0. The van der Waals surface area contributed by atoms with Crippen LogP contribution in [0.4, 0.5) is 14.7 Å². The second kappa shape index (κ2) is 10.2. The van der Waals surface area contributed by atoms with Crippen molar-refractivity contribution in [3.63, 3.8) is 0 Å². The van der Waals surface area contributed by atoms with Crippen LogP contribution in [-0.4, -0.2) is 74.9 Å². The van der Waals surface area contributed by atoms with Gasteiger partial charge in [-0.25, -0.2) is 27.5 Å². The van der Waals surface area contributed by atoms with Gasteiger partial charge >= 0.3 is 23.5 Å². The first-order valence-electron chi connectivity index (χ1n) is 9.52. The van der Waals surface area contributed by atoms with E-state index in [1.807, 2.05) is 5.92 Å². The molecule has 0 aliphatic carbocycles. The maximum atomic E-state index is 16.0. The Hall–Kier alpha value is -2.10. The first-order valence-corrected chi connectivity index (χ1v) is 14.0. The van der Waals surface area contributed by atoms with E-state index in [4.69, 9.17) is 20.3 Å². The lowest BCUT2D eigenvalue weighted by atomic mass is 9.94. The van der Waals surface area contributed by atoms with Crippen molar-refractivity contribution in [2.45, 2.75) is 37.1 Å². The molecule has 37 heavy (non-hydrogen) atoms. The minimum absolute atomic E-state index is 0.335. The molecule has 0 saturated carbocycles. The monoisotopic (exact) mass is 595 g/mol. The zero-order valence-electron chi connectivity index (χ0n) is 18.1. The number of hydrogen-bond acceptors (Lipinski definition) is 12. The summed E-state index contributed by atoms with van der Waals surface area (Å²) in [6.45, 7) is -0.451. The molecule has 8 N–H and O–H groups in total. The molecule has 0 radical (unpaired) electrons. The first-order chi connectivity index (χ1) is 16.9. The van der Waals surface area contributed by atoms with Gasteiger partial charge in [0.15, 0.2) is 17.4 Å². The molecule has 0 bridgehead atoms. The number of halogens is 2. The normalized spacial score (nSPS) is 28.3. The maximum Gasteiger partial charge on any atom is 0.490 e. The van der Waals surface area contributed by atoms with E-state index in [9.17, 15) is 37.8 Å². The predicted octanol–water partition coefficient (Wildman–Crippen LogP) is -0.627. The molecule has 2 aromatic heterocycles. The Morgan fingerprint density at radius 2 is 1.95 bits per heavy atom. The number of imidazole rings is 1. The van der Waals surface area contributed by atoms with E-state index in [-0.39, 0.29) is 11.2 Å². The number of phosphoric ester groups is 1. The van der Waals surface area contributed by atoms with Crippen molar-refractivity contribution < 1.29 is 65.0 Å². The standard InChI is InChI=1S/C14H18F2N5O13P3/c1-6(32-36(27,28)34-37(29,30)33-35(24,25)26)8-9(22)14(16,3-2-4-15)12(31-8)21-5-18-7-10(21)19-13(17)20-11(7)23/h5-6,8-9,12,22H,4H2,1H3,(H,27,28)(H,29,30)(H2,24,25,26)(H3,17,19,20,23)/t6-,8-,9+,12-,14?/m1/s1. The summed E-state index contributed by atoms with van der Waals surface area (Å²) in [5.41, 5.74) is 0.811. The third kappa shape index (κ3) is 6.49. The number of aliphatic hydroxyl groups is 1. The van der Waals surface area contributed by atoms with E-state index in [1.165, 1.54) is 0 Å². The van der Waals surface area contributed by atoms with Crippen molar-refractivity contribution in [3.05, 3.63) is 16.7 Å². The number of aliphatic hydroxyl groups excluding tert-OH is 1. The Kier molecular flexibility index (Phi) is 8.14. The number of phosphoric acid groups is 3. The number of aromatic amines is 1. The largest absolute Gasteiger partial charge is 0.490 e. The summed E-state index contributed by atoms with van der Waals surface area (Å²) < 4.78 is 81.1. The summed E-state index contributed by atoms with van der Waals surface area (Å²) >= 11 is 0. The second-order valence-electron chi connectivity index (χ2n) is 7.28. The zero-order valence-corrected chi connectivity index (χ0v) is 20.8. The molecule has 0 amide bonds. The number of H-pyrrole nitrogens is 1. The van der Waals surface area contributed by atoms with Gasteiger partial charge in [0.1, 0.15) is 18.9 Å². The molecule has 3 rings (SSSR count). The lowest BCUT2D eigenvalue weighted by Gasteiger charge is -2.25. The van der Waals surface area contributed by atoms with Gasteiger partial charge in [0.2, 0.25) is 11.6 Å². The Balaban J connectivity index is 1.95. The van der Waals surface area contributed by atoms with Gasteiger partial charge in [0.25, 0.3) is 5.56 Å². The molecule has 2 aromatic rings. The van der Waals surface area contributed by atoms with Crippen LogP contribution in [0.2, 0.25) is 0 Å². The van der Waals surface area contributed by atoms with E-state index < -0.39 is 71.9 Å². The Labute approximate surface area is 203 Å². The summed E-state index contributed by atoms with van der Waals surface area (Å²) in [4.78, 5) is 57.9. The van der Waals surface area contributed by atoms with Crippen molar-refractivity contribution in [2.24, 2.45) is 0 Å². The minimum atomic E-state index is -5.88. The lowest BCUT2D eigenvalue weighted by Crippen LogP contribution is -2.44. The fourth-order valence-electron chi connectivity index (χ4n) is 3.33. The highest BCUT2D eigenvalue weighted by Crippen LogP contribution is 2.66. The average molecular weight is 595 g/mol. The number of alkyl halides is 2. The molecular formula is C14H18F2N5O13P3. The fourth-order valence-corrected chi connectivity index (χ4v) is 6.53. The van der Waals surface area contributed by atoms with Crippen LogP contribution in [0.25, 0.3) is 11.2 Å². The van der Waals surface area contributed by atoms with E-state index in [1.54, 1.807) is 5.92 Å². The number of nitrogens with two attached hydrogens (primary N) is 1. The molecular weight excluding hydrogens is 577 g/mol. The number of hydrogen-bond donors (Lipinski definition) is 7. The van der Waals surface area contributed by atoms with Gasteiger partial charge in [-0.05, 0) is 6.92 Å². The highest BCUT2D eigenvalue weighted by atomic mass is 31.3. The van der Waals surface area contributed by atoms with Crippen molar-refractivity contribution in [3.8, 4) is 11.8 Å². The smallest absolute Gasteiger partial charge is 0.386 e. The van der Waals surface area contributed by atoms with E-state index >= 15 is 4.39 Å². The Bertz CT molecular complexity index is 1450. The fraction of sp³-hybridized carbons (Fsp3) is 0.500. The highest BCUT2D eigenvalue weighted by Gasteiger charge is 2.60. The Morgan fingerprint density at radius 1 is 1.30 bits per heavy atom. The van der Waals surface area contributed by atoms with Crippen LogP contribution in [0.15, 0.2) is 11.1 Å². The molecule has 3 unspecified atom stereocenters. The van der Waals surface area contributed by atoms with E-state index in [0.29, 0.717) is 0 Å². The number of nitrogens with zero attached hydrogens (tertiary/aromatic N) is 3. The highest BCUT2D eigenvalue weighted by molar-refractivity contribution is 7.66. The van der Waals surface area contributed by atoms with Gasteiger partial charge in [-0.1, -0.05) is 11.8 Å². The average Bonchev–Trinajstić information content (AvgIpc) is 3.23. The third-order valence-electron chi connectivity index (χ3n) is 4.62. The number of fused-ring (bicyclic) bond motifs is 1. The van der Waals surface area contributed by atoms with Crippen LogP contribution in [0, 0.1) is 11.8 Å². The summed E-state index contributed by atoms with van der Waals surface area (Å²) in [5.74, 6) is 3.20. The van der Waals surface area contributed by atoms with Gasteiger partial charge in [-0.2, -0.15) is 13.6 Å². The predicted molar refractivity (Wildman–Crippen MR) is 114 cm³/mol. The number of ether oxygens (including phenoxy) is 1. The van der Waals surface area contributed by atoms with E-state index in [0.717, 1.165) is 17.8 Å². The van der Waals surface area contributed by atoms with Gasteiger partial charge in [0, 0.05) is 0 Å². The molecule has 0 spiro atoms. The van der Waals surface area contributed by atoms with E-state index in [2.05, 4.69) is 28.1 Å². The molecule has 1 saturated heterocycles. The molecule has 3 heterocycles. The zero-order chi connectivity index (χ0) is 28.0. The first kappa shape index (κ1) is 29.5. The molecule has 206 valence electrons.